The molecule has 2 amide bonds. The van der Waals surface area contributed by atoms with Gasteiger partial charge in [-0.25, -0.2) is 0 Å². The van der Waals surface area contributed by atoms with E-state index in [1.807, 2.05) is 4.90 Å². The van der Waals surface area contributed by atoms with E-state index in [1.54, 1.807) is 11.8 Å². The molecule has 25 heavy (non-hydrogen) atoms. The summed E-state index contributed by atoms with van der Waals surface area (Å²) in [5.74, 6) is 1.06. The summed E-state index contributed by atoms with van der Waals surface area (Å²) in [6.45, 7) is 8.46. The average Bonchev–Trinajstić information content (AvgIpc) is 3.09. The van der Waals surface area contributed by atoms with E-state index in [-0.39, 0.29) is 34.7 Å². The van der Waals surface area contributed by atoms with Gasteiger partial charge in [-0.15, -0.1) is 11.8 Å². The Morgan fingerprint density at radius 3 is 2.64 bits per heavy atom. The van der Waals surface area contributed by atoms with Gasteiger partial charge in [-0.3, -0.25) is 9.59 Å². The fraction of sp³-hybridized carbons (Fsp3) is 0.600. The van der Waals surface area contributed by atoms with Crippen molar-refractivity contribution in [3.05, 3.63) is 35.4 Å². The second-order valence-corrected chi connectivity index (χ2v) is 9.09. The molecule has 2 saturated heterocycles. The fourth-order valence-corrected chi connectivity index (χ4v) is 5.29. The number of carbonyl (C=O) groups excluding carboxylic acids is 2. The number of amides is 2. The van der Waals surface area contributed by atoms with E-state index in [0.29, 0.717) is 12.2 Å². The second kappa shape index (κ2) is 7.02. The second-order valence-electron chi connectivity index (χ2n) is 7.59. The predicted molar refractivity (Wildman–Crippen MR) is 102 cm³/mol. The van der Waals surface area contributed by atoms with Crippen molar-refractivity contribution in [2.45, 2.75) is 63.9 Å². The third-order valence-electron chi connectivity index (χ3n) is 5.46. The van der Waals surface area contributed by atoms with Crippen molar-refractivity contribution < 1.29 is 9.59 Å². The molecule has 3 atom stereocenters. The third kappa shape index (κ3) is 3.43. The molecule has 2 fully saturated rings. The predicted octanol–water partition coefficient (Wildman–Crippen LogP) is 3.52. The van der Waals surface area contributed by atoms with Crippen LogP contribution in [0.15, 0.2) is 24.3 Å². The Morgan fingerprint density at radius 2 is 2.04 bits per heavy atom. The number of carbonyl (C=O) groups is 2. The minimum atomic E-state index is -0.346. The average molecular weight is 361 g/mol. The molecule has 1 aromatic rings. The first-order chi connectivity index (χ1) is 11.9. The van der Waals surface area contributed by atoms with Crippen molar-refractivity contribution in [3.8, 4) is 0 Å². The van der Waals surface area contributed by atoms with Gasteiger partial charge in [0.2, 0.25) is 11.8 Å². The normalized spacial score (nSPS) is 26.8. The molecule has 0 saturated carbocycles. The highest BCUT2D eigenvalue weighted by Crippen LogP contribution is 2.47. The van der Waals surface area contributed by atoms with E-state index in [2.05, 4.69) is 57.3 Å². The molecule has 1 N–H and O–H groups in total. The largest absolute Gasteiger partial charge is 0.347 e. The Balaban J connectivity index is 1.76. The smallest absolute Gasteiger partial charge is 0.244 e. The van der Waals surface area contributed by atoms with Crippen molar-refractivity contribution in [2.75, 3.05) is 5.75 Å². The van der Waals surface area contributed by atoms with Crippen molar-refractivity contribution in [3.63, 3.8) is 0 Å². The van der Waals surface area contributed by atoms with Gasteiger partial charge in [0.25, 0.3) is 0 Å². The molecule has 3 rings (SSSR count). The van der Waals surface area contributed by atoms with Crippen LogP contribution in [0.3, 0.4) is 0 Å². The van der Waals surface area contributed by atoms with E-state index in [0.717, 1.165) is 18.4 Å². The molecule has 0 bridgehead atoms. The number of fused-ring (bicyclic) bond motifs is 1. The molecule has 0 spiro atoms. The summed E-state index contributed by atoms with van der Waals surface area (Å²) in [4.78, 5) is 26.9. The standard InChI is InChI=1S/C20H28N2O2S/c1-5-14-6-8-15(9-7-14)18(13(2)3)21-19(24)16-12-25-20(4)11-10-17(23)22(16)20/h6-9,13,16,18H,5,10-12H2,1-4H3,(H,21,24)/t16-,18+,20+/m0/s1. The topological polar surface area (TPSA) is 49.4 Å². The van der Waals surface area contributed by atoms with Crippen LogP contribution in [0.1, 0.15) is 57.7 Å². The van der Waals surface area contributed by atoms with E-state index in [4.69, 9.17) is 0 Å². The van der Waals surface area contributed by atoms with Gasteiger partial charge in [0.15, 0.2) is 0 Å². The van der Waals surface area contributed by atoms with Crippen LogP contribution in [0.2, 0.25) is 0 Å². The van der Waals surface area contributed by atoms with Gasteiger partial charge in [0, 0.05) is 12.2 Å². The summed E-state index contributed by atoms with van der Waals surface area (Å²) >= 11 is 1.74. The molecule has 4 nitrogen and oxygen atoms in total. The molecular formula is C20H28N2O2S. The quantitative estimate of drug-likeness (QED) is 0.874. The van der Waals surface area contributed by atoms with Crippen molar-refractivity contribution >= 4 is 23.6 Å². The molecule has 0 unspecified atom stereocenters. The highest BCUT2D eigenvalue weighted by Gasteiger charge is 2.53. The van der Waals surface area contributed by atoms with Crippen molar-refractivity contribution in [1.29, 1.82) is 0 Å². The number of hydrogen-bond donors (Lipinski definition) is 1. The molecule has 5 heteroatoms. The van der Waals surface area contributed by atoms with Gasteiger partial charge in [-0.05, 0) is 36.8 Å². The summed E-state index contributed by atoms with van der Waals surface area (Å²) in [6.07, 6.45) is 2.40. The van der Waals surface area contributed by atoms with E-state index in [1.165, 1.54) is 5.56 Å². The first-order valence-corrected chi connectivity index (χ1v) is 10.2. The minimum Gasteiger partial charge on any atom is -0.347 e. The van der Waals surface area contributed by atoms with Gasteiger partial charge < -0.3 is 10.2 Å². The number of rotatable bonds is 5. The molecule has 0 aliphatic carbocycles. The van der Waals surface area contributed by atoms with Crippen LogP contribution in [0.4, 0.5) is 0 Å². The first-order valence-electron chi connectivity index (χ1n) is 9.21. The number of nitrogens with zero attached hydrogens (tertiary/aromatic N) is 1. The fourth-order valence-electron chi connectivity index (χ4n) is 3.86. The SMILES string of the molecule is CCc1ccc([C@H](NC(=O)[C@@H]2CS[C@]3(C)CCC(=O)N23)C(C)C)cc1. The van der Waals surface area contributed by atoms with Crippen LogP contribution >= 0.6 is 11.8 Å². The lowest BCUT2D eigenvalue weighted by Gasteiger charge is -2.31. The maximum absolute atomic E-state index is 13.0. The monoisotopic (exact) mass is 360 g/mol. The molecule has 136 valence electrons. The summed E-state index contributed by atoms with van der Waals surface area (Å²) in [5, 5.41) is 3.22. The highest BCUT2D eigenvalue weighted by molar-refractivity contribution is 8.01. The molecule has 0 aromatic heterocycles. The Morgan fingerprint density at radius 1 is 1.36 bits per heavy atom. The lowest BCUT2D eigenvalue weighted by molar-refractivity contribution is -0.138. The van der Waals surface area contributed by atoms with Gasteiger partial charge >= 0.3 is 0 Å². The Kier molecular flexibility index (Phi) is 5.14. The number of thioether (sulfide) groups is 1. The first kappa shape index (κ1) is 18.3. The van der Waals surface area contributed by atoms with E-state index < -0.39 is 0 Å². The molecule has 2 heterocycles. The Bertz CT molecular complexity index is 658. The van der Waals surface area contributed by atoms with Crippen LogP contribution < -0.4 is 5.32 Å². The molecular weight excluding hydrogens is 332 g/mol. The number of nitrogens with one attached hydrogen (secondary N) is 1. The highest BCUT2D eigenvalue weighted by atomic mass is 32.2. The van der Waals surface area contributed by atoms with Crippen molar-refractivity contribution in [2.24, 2.45) is 5.92 Å². The van der Waals surface area contributed by atoms with Crippen LogP contribution in [-0.2, 0) is 16.0 Å². The summed E-state index contributed by atoms with van der Waals surface area (Å²) < 4.78 is 0. The van der Waals surface area contributed by atoms with Gasteiger partial charge in [-0.2, -0.15) is 0 Å². The van der Waals surface area contributed by atoms with Crippen LogP contribution in [0.25, 0.3) is 0 Å². The van der Waals surface area contributed by atoms with Gasteiger partial charge in [0.05, 0.1) is 10.9 Å². The molecule has 0 radical (unpaired) electrons. The molecule has 2 aliphatic heterocycles. The molecule has 1 aromatic carbocycles. The summed E-state index contributed by atoms with van der Waals surface area (Å²) in [6, 6.07) is 8.10. The van der Waals surface area contributed by atoms with Crippen LogP contribution in [0, 0.1) is 5.92 Å². The zero-order valence-corrected chi connectivity index (χ0v) is 16.4. The van der Waals surface area contributed by atoms with Crippen molar-refractivity contribution in [1.82, 2.24) is 10.2 Å². The Hall–Kier alpha value is -1.49. The van der Waals surface area contributed by atoms with Crippen LogP contribution in [-0.4, -0.2) is 33.4 Å². The Labute approximate surface area is 154 Å². The molecule has 2 aliphatic rings. The zero-order valence-electron chi connectivity index (χ0n) is 15.5. The van der Waals surface area contributed by atoms with Gasteiger partial charge in [0.1, 0.15) is 6.04 Å². The maximum Gasteiger partial charge on any atom is 0.244 e. The lowest BCUT2D eigenvalue weighted by Crippen LogP contribution is -2.51. The number of benzene rings is 1. The number of aryl methyl sites for hydroxylation is 1. The lowest BCUT2D eigenvalue weighted by atomic mass is 9.94. The summed E-state index contributed by atoms with van der Waals surface area (Å²) in [7, 11) is 0. The van der Waals surface area contributed by atoms with Crippen LogP contribution in [0.5, 0.6) is 0 Å². The minimum absolute atomic E-state index is 0.0234. The third-order valence-corrected chi connectivity index (χ3v) is 6.96. The maximum atomic E-state index is 13.0. The van der Waals surface area contributed by atoms with Gasteiger partial charge in [-0.1, -0.05) is 45.0 Å². The number of hydrogen-bond acceptors (Lipinski definition) is 3. The van der Waals surface area contributed by atoms with E-state index >= 15 is 0 Å². The zero-order chi connectivity index (χ0) is 18.2. The summed E-state index contributed by atoms with van der Waals surface area (Å²) in [5.41, 5.74) is 2.42. The van der Waals surface area contributed by atoms with E-state index in [9.17, 15) is 9.59 Å².